The molecule has 0 bridgehead atoms. The molecule has 2 aromatic heterocycles. The number of halogens is 1. The van der Waals surface area contributed by atoms with E-state index in [1.54, 1.807) is 12.1 Å². The molecular formula is C20H23FN4OS. The van der Waals surface area contributed by atoms with Gasteiger partial charge in [0.25, 0.3) is 0 Å². The highest BCUT2D eigenvalue weighted by Crippen LogP contribution is 2.36. The predicted molar refractivity (Wildman–Crippen MR) is 108 cm³/mol. The average Bonchev–Trinajstić information content (AvgIpc) is 3.11. The third-order valence-electron chi connectivity index (χ3n) is 4.27. The van der Waals surface area contributed by atoms with Crippen molar-refractivity contribution >= 4 is 33.3 Å². The molecule has 0 radical (unpaired) electrons. The van der Waals surface area contributed by atoms with Crippen LogP contribution in [-0.4, -0.2) is 29.0 Å². The van der Waals surface area contributed by atoms with Crippen LogP contribution in [-0.2, 0) is 4.79 Å². The Bertz CT molecular complexity index is 895. The largest absolute Gasteiger partial charge is 0.369 e. The summed E-state index contributed by atoms with van der Waals surface area (Å²) in [4.78, 5) is 21.4. The van der Waals surface area contributed by atoms with Gasteiger partial charge in [-0.2, -0.15) is 0 Å². The minimum Gasteiger partial charge on any atom is -0.369 e. The van der Waals surface area contributed by atoms with Gasteiger partial charge in [0.05, 0.1) is 5.39 Å². The lowest BCUT2D eigenvalue weighted by atomic mass is 10.1. The normalized spacial score (nSPS) is 10.9. The smallest absolute Gasteiger partial charge is 0.221 e. The predicted octanol–water partition coefficient (Wildman–Crippen LogP) is 4.61. The summed E-state index contributed by atoms with van der Waals surface area (Å²) < 4.78 is 13.2. The number of carbonyl (C=O) groups is 1. The number of thiophene rings is 1. The van der Waals surface area contributed by atoms with Crippen LogP contribution >= 0.6 is 11.3 Å². The molecule has 2 N–H and O–H groups in total. The molecule has 5 nitrogen and oxygen atoms in total. The highest BCUT2D eigenvalue weighted by atomic mass is 32.1. The van der Waals surface area contributed by atoms with Gasteiger partial charge in [-0.3, -0.25) is 4.79 Å². The second-order valence-corrected chi connectivity index (χ2v) is 7.15. The van der Waals surface area contributed by atoms with Gasteiger partial charge in [-0.1, -0.05) is 31.9 Å². The van der Waals surface area contributed by atoms with Crippen molar-refractivity contribution in [2.75, 3.05) is 18.4 Å². The number of benzene rings is 1. The highest BCUT2D eigenvalue weighted by molar-refractivity contribution is 7.17. The van der Waals surface area contributed by atoms with Crippen molar-refractivity contribution in [3.8, 4) is 11.1 Å². The molecule has 1 amide bonds. The molecule has 1 aromatic carbocycles. The SMILES string of the molecule is CCCCCNC(=O)CCNc1ncnc2scc(-c3ccc(F)cc3)c12. The van der Waals surface area contributed by atoms with E-state index in [1.807, 2.05) is 5.38 Å². The maximum atomic E-state index is 13.2. The number of hydrogen-bond donors (Lipinski definition) is 2. The van der Waals surface area contributed by atoms with E-state index in [-0.39, 0.29) is 11.7 Å². The fourth-order valence-corrected chi connectivity index (χ4v) is 3.75. The molecule has 3 rings (SSSR count). The third kappa shape index (κ3) is 5.01. The number of nitrogens with zero attached hydrogens (tertiary/aromatic N) is 2. The van der Waals surface area contributed by atoms with Gasteiger partial charge in [-0.25, -0.2) is 14.4 Å². The molecule has 0 saturated heterocycles. The fourth-order valence-electron chi connectivity index (χ4n) is 2.84. The van der Waals surface area contributed by atoms with Crippen LogP contribution in [0.5, 0.6) is 0 Å². The minimum atomic E-state index is -0.266. The Balaban J connectivity index is 1.67. The lowest BCUT2D eigenvalue weighted by Crippen LogP contribution is -2.26. The number of rotatable bonds is 9. The van der Waals surface area contributed by atoms with Crippen LogP contribution in [0.1, 0.15) is 32.6 Å². The van der Waals surface area contributed by atoms with Gasteiger partial charge in [0.1, 0.15) is 22.8 Å². The van der Waals surface area contributed by atoms with Crippen molar-refractivity contribution in [2.45, 2.75) is 32.6 Å². The molecule has 3 aromatic rings. The Kier molecular flexibility index (Phi) is 6.70. The van der Waals surface area contributed by atoms with Gasteiger partial charge in [-0.05, 0) is 24.1 Å². The Morgan fingerprint density at radius 3 is 2.74 bits per heavy atom. The molecule has 0 aliphatic carbocycles. The van der Waals surface area contributed by atoms with Crippen LogP contribution in [0.25, 0.3) is 21.3 Å². The quantitative estimate of drug-likeness (QED) is 0.527. The van der Waals surface area contributed by atoms with Crippen LogP contribution in [0.2, 0.25) is 0 Å². The molecule has 0 spiro atoms. The van der Waals surface area contributed by atoms with E-state index in [4.69, 9.17) is 0 Å². The molecule has 0 aliphatic rings. The lowest BCUT2D eigenvalue weighted by molar-refractivity contribution is -0.120. The van der Waals surface area contributed by atoms with Crippen LogP contribution in [0, 0.1) is 5.82 Å². The first-order valence-corrected chi connectivity index (χ1v) is 10.1. The topological polar surface area (TPSA) is 66.9 Å². The number of fused-ring (bicyclic) bond motifs is 1. The van der Waals surface area contributed by atoms with Gasteiger partial charge in [-0.15, -0.1) is 11.3 Å². The second kappa shape index (κ2) is 9.41. The van der Waals surface area contributed by atoms with E-state index in [1.165, 1.54) is 29.8 Å². The summed E-state index contributed by atoms with van der Waals surface area (Å²) in [7, 11) is 0. The number of unbranched alkanes of at least 4 members (excludes halogenated alkanes) is 2. The molecular weight excluding hydrogens is 363 g/mol. The van der Waals surface area contributed by atoms with Crippen LogP contribution in [0.15, 0.2) is 36.0 Å². The van der Waals surface area contributed by atoms with Crippen molar-refractivity contribution in [1.29, 1.82) is 0 Å². The maximum Gasteiger partial charge on any atom is 0.221 e. The number of anilines is 1. The summed E-state index contributed by atoms with van der Waals surface area (Å²) in [6, 6.07) is 6.38. The zero-order valence-corrected chi connectivity index (χ0v) is 16.1. The monoisotopic (exact) mass is 386 g/mol. The van der Waals surface area contributed by atoms with Crippen molar-refractivity contribution in [3.63, 3.8) is 0 Å². The number of amides is 1. The summed E-state index contributed by atoms with van der Waals surface area (Å²) >= 11 is 1.52. The Morgan fingerprint density at radius 2 is 1.96 bits per heavy atom. The molecule has 7 heteroatoms. The molecule has 0 saturated carbocycles. The second-order valence-electron chi connectivity index (χ2n) is 6.29. The average molecular weight is 386 g/mol. The zero-order chi connectivity index (χ0) is 19.1. The van der Waals surface area contributed by atoms with E-state index in [0.717, 1.165) is 47.2 Å². The number of aromatic nitrogens is 2. The first-order valence-electron chi connectivity index (χ1n) is 9.17. The summed E-state index contributed by atoms with van der Waals surface area (Å²) in [6.45, 7) is 3.35. The summed E-state index contributed by atoms with van der Waals surface area (Å²) in [5.41, 5.74) is 1.87. The molecule has 142 valence electrons. The van der Waals surface area contributed by atoms with E-state index in [0.29, 0.717) is 18.8 Å². The molecule has 2 heterocycles. The lowest BCUT2D eigenvalue weighted by Gasteiger charge is -2.09. The molecule has 0 aliphatic heterocycles. The highest BCUT2D eigenvalue weighted by Gasteiger charge is 2.13. The number of nitrogens with one attached hydrogen (secondary N) is 2. The number of hydrogen-bond acceptors (Lipinski definition) is 5. The Labute approximate surface area is 162 Å². The van der Waals surface area contributed by atoms with Gasteiger partial charge in [0, 0.05) is 30.5 Å². The third-order valence-corrected chi connectivity index (χ3v) is 5.16. The van der Waals surface area contributed by atoms with Crippen molar-refractivity contribution in [1.82, 2.24) is 15.3 Å². The maximum absolute atomic E-state index is 13.2. The fraction of sp³-hybridized carbons (Fsp3) is 0.350. The first-order chi connectivity index (χ1) is 13.2. The van der Waals surface area contributed by atoms with Gasteiger partial charge in [0.2, 0.25) is 5.91 Å². The standard InChI is InChI=1S/C20H23FN4OS/c1-2-3-4-10-22-17(26)9-11-23-19-18-16(12-27-20(18)25-13-24-19)14-5-7-15(21)8-6-14/h5-8,12-13H,2-4,9-11H2,1H3,(H,22,26)(H,23,24,25). The van der Waals surface area contributed by atoms with Crippen LogP contribution in [0.4, 0.5) is 10.2 Å². The molecule has 0 fully saturated rings. The molecule has 27 heavy (non-hydrogen) atoms. The Morgan fingerprint density at radius 1 is 1.15 bits per heavy atom. The zero-order valence-electron chi connectivity index (χ0n) is 15.3. The summed E-state index contributed by atoms with van der Waals surface area (Å²) in [5.74, 6) is 0.463. The summed E-state index contributed by atoms with van der Waals surface area (Å²) in [6.07, 6.45) is 5.17. The van der Waals surface area contributed by atoms with Crippen molar-refractivity contribution in [3.05, 3.63) is 41.8 Å². The van der Waals surface area contributed by atoms with Crippen LogP contribution in [0.3, 0.4) is 0 Å². The van der Waals surface area contributed by atoms with E-state index in [2.05, 4.69) is 27.5 Å². The van der Waals surface area contributed by atoms with E-state index < -0.39 is 0 Å². The minimum absolute atomic E-state index is 0.0352. The van der Waals surface area contributed by atoms with Gasteiger partial charge in [0.15, 0.2) is 0 Å². The van der Waals surface area contributed by atoms with Gasteiger partial charge >= 0.3 is 0 Å². The summed E-state index contributed by atoms with van der Waals surface area (Å²) in [5, 5.41) is 9.08. The number of carbonyl (C=O) groups excluding carboxylic acids is 1. The Hall–Kier alpha value is -2.54. The molecule has 0 atom stereocenters. The van der Waals surface area contributed by atoms with E-state index in [9.17, 15) is 9.18 Å². The van der Waals surface area contributed by atoms with Crippen molar-refractivity contribution < 1.29 is 9.18 Å². The van der Waals surface area contributed by atoms with E-state index >= 15 is 0 Å². The van der Waals surface area contributed by atoms with Gasteiger partial charge < -0.3 is 10.6 Å². The van der Waals surface area contributed by atoms with Crippen LogP contribution < -0.4 is 10.6 Å². The van der Waals surface area contributed by atoms with Crippen molar-refractivity contribution in [2.24, 2.45) is 0 Å². The first kappa shape index (κ1) is 19.2. The molecule has 0 unspecified atom stereocenters.